The number of aromatic nitrogens is 1. The van der Waals surface area contributed by atoms with Gasteiger partial charge in [-0.05, 0) is 26.0 Å². The van der Waals surface area contributed by atoms with Crippen LogP contribution in [-0.2, 0) is 0 Å². The number of hydrogen-bond donors (Lipinski definition) is 2. The highest BCUT2D eigenvalue weighted by molar-refractivity contribution is 5.63. The zero-order chi connectivity index (χ0) is 10.8. The summed E-state index contributed by atoms with van der Waals surface area (Å²) in [5.74, 6) is 0.483. The number of aliphatic hydroxyl groups is 1. The van der Waals surface area contributed by atoms with E-state index in [1.807, 2.05) is 37.9 Å². The Labute approximate surface area is 84.4 Å². The highest BCUT2D eigenvalue weighted by Crippen LogP contribution is 2.25. The van der Waals surface area contributed by atoms with Crippen molar-refractivity contribution in [2.75, 3.05) is 24.3 Å². The van der Waals surface area contributed by atoms with Gasteiger partial charge in [-0.3, -0.25) is 0 Å². The molecule has 0 saturated carbocycles. The zero-order valence-electron chi connectivity index (χ0n) is 8.86. The van der Waals surface area contributed by atoms with Crippen LogP contribution in [0.3, 0.4) is 0 Å². The summed E-state index contributed by atoms with van der Waals surface area (Å²) in [6, 6.07) is 3.72. The molecular weight excluding hydrogens is 178 g/mol. The quantitative estimate of drug-likeness (QED) is 0.751. The molecule has 4 nitrogen and oxygen atoms in total. The number of pyridine rings is 1. The van der Waals surface area contributed by atoms with Crippen LogP contribution in [-0.4, -0.2) is 29.3 Å². The van der Waals surface area contributed by atoms with Crippen LogP contribution < -0.4 is 10.6 Å². The first-order valence-electron chi connectivity index (χ1n) is 4.54. The fourth-order valence-corrected chi connectivity index (χ4v) is 1.12. The van der Waals surface area contributed by atoms with E-state index in [0.717, 1.165) is 5.69 Å². The summed E-state index contributed by atoms with van der Waals surface area (Å²) in [5.41, 5.74) is 6.24. The molecule has 1 aromatic heterocycles. The van der Waals surface area contributed by atoms with Crippen molar-refractivity contribution in [1.29, 1.82) is 0 Å². The summed E-state index contributed by atoms with van der Waals surface area (Å²) >= 11 is 0. The Morgan fingerprint density at radius 1 is 1.57 bits per heavy atom. The van der Waals surface area contributed by atoms with Gasteiger partial charge in [0.1, 0.15) is 5.82 Å². The summed E-state index contributed by atoms with van der Waals surface area (Å²) in [5, 5.41) is 9.21. The van der Waals surface area contributed by atoms with Crippen LogP contribution in [0.25, 0.3) is 0 Å². The predicted octanol–water partition coefficient (Wildman–Crippen LogP) is 0.871. The molecule has 0 radical (unpaired) electrons. The smallest absolute Gasteiger partial charge is 0.146 e. The van der Waals surface area contributed by atoms with Crippen LogP contribution in [0.4, 0.5) is 11.5 Å². The first-order chi connectivity index (χ1) is 6.49. The minimum absolute atomic E-state index is 0.0673. The van der Waals surface area contributed by atoms with E-state index in [2.05, 4.69) is 4.98 Å². The number of aliphatic hydroxyl groups excluding tert-OH is 1. The molecule has 0 spiro atoms. The minimum Gasteiger partial charge on any atom is -0.394 e. The van der Waals surface area contributed by atoms with E-state index >= 15 is 0 Å². The topological polar surface area (TPSA) is 62.4 Å². The van der Waals surface area contributed by atoms with Gasteiger partial charge < -0.3 is 15.7 Å². The molecule has 78 valence electrons. The second kappa shape index (κ2) is 3.84. The largest absolute Gasteiger partial charge is 0.394 e. The molecule has 3 N–H and O–H groups in total. The molecule has 0 saturated heterocycles. The third-order valence-electron chi connectivity index (χ3n) is 2.47. The Bertz CT molecular complexity index is 312. The number of nitrogens with two attached hydrogens (primary N) is 1. The average molecular weight is 195 g/mol. The molecule has 0 atom stereocenters. The highest BCUT2D eigenvalue weighted by Gasteiger charge is 2.24. The Kier molecular flexibility index (Phi) is 2.96. The Morgan fingerprint density at radius 2 is 2.21 bits per heavy atom. The van der Waals surface area contributed by atoms with Crippen LogP contribution in [0, 0.1) is 0 Å². The summed E-state index contributed by atoms with van der Waals surface area (Å²) < 4.78 is 0. The van der Waals surface area contributed by atoms with Crippen molar-refractivity contribution < 1.29 is 5.11 Å². The Balaban J connectivity index is 3.00. The summed E-state index contributed by atoms with van der Waals surface area (Å²) in [7, 11) is 1.89. The van der Waals surface area contributed by atoms with Crippen molar-refractivity contribution in [3.63, 3.8) is 0 Å². The standard InChI is InChI=1S/C10H17N3O/c1-10(2,7-14)13(3)8-5-4-6-12-9(8)11/h4-6,14H,7H2,1-3H3,(H2,11,12). The molecule has 0 aliphatic heterocycles. The van der Waals surface area contributed by atoms with E-state index in [1.165, 1.54) is 0 Å². The van der Waals surface area contributed by atoms with E-state index in [0.29, 0.717) is 5.82 Å². The summed E-state index contributed by atoms with van der Waals surface area (Å²) in [6.45, 7) is 3.96. The summed E-state index contributed by atoms with van der Waals surface area (Å²) in [4.78, 5) is 5.93. The average Bonchev–Trinajstić information content (AvgIpc) is 2.17. The molecule has 0 unspecified atom stereocenters. The highest BCUT2D eigenvalue weighted by atomic mass is 16.3. The molecule has 1 heterocycles. The lowest BCUT2D eigenvalue weighted by atomic mass is 10.0. The first kappa shape index (κ1) is 10.8. The van der Waals surface area contributed by atoms with Crippen molar-refractivity contribution in [2.45, 2.75) is 19.4 Å². The molecule has 4 heteroatoms. The minimum atomic E-state index is -0.336. The zero-order valence-corrected chi connectivity index (χ0v) is 8.86. The van der Waals surface area contributed by atoms with Crippen LogP contribution in [0.15, 0.2) is 18.3 Å². The van der Waals surface area contributed by atoms with Crippen molar-refractivity contribution in [3.8, 4) is 0 Å². The fraction of sp³-hybridized carbons (Fsp3) is 0.500. The number of rotatable bonds is 3. The van der Waals surface area contributed by atoms with Gasteiger partial charge >= 0.3 is 0 Å². The van der Waals surface area contributed by atoms with Gasteiger partial charge in [0.15, 0.2) is 0 Å². The second-order valence-electron chi connectivity index (χ2n) is 3.94. The lowest BCUT2D eigenvalue weighted by molar-refractivity contribution is 0.216. The van der Waals surface area contributed by atoms with Crippen LogP contribution in [0.2, 0.25) is 0 Å². The molecule has 1 aromatic rings. The number of hydrogen-bond acceptors (Lipinski definition) is 4. The van der Waals surface area contributed by atoms with Gasteiger partial charge in [-0.25, -0.2) is 4.98 Å². The fourth-order valence-electron chi connectivity index (χ4n) is 1.12. The van der Waals surface area contributed by atoms with Gasteiger partial charge in [-0.1, -0.05) is 0 Å². The van der Waals surface area contributed by atoms with Crippen molar-refractivity contribution in [1.82, 2.24) is 4.98 Å². The molecule has 0 fully saturated rings. The molecule has 0 aromatic carbocycles. The maximum Gasteiger partial charge on any atom is 0.146 e. The van der Waals surface area contributed by atoms with Crippen LogP contribution >= 0.6 is 0 Å². The number of nitrogens with zero attached hydrogens (tertiary/aromatic N) is 2. The van der Waals surface area contributed by atoms with Crippen LogP contribution in [0.5, 0.6) is 0 Å². The first-order valence-corrected chi connectivity index (χ1v) is 4.54. The van der Waals surface area contributed by atoms with Gasteiger partial charge in [0.2, 0.25) is 0 Å². The maximum atomic E-state index is 9.21. The van der Waals surface area contributed by atoms with E-state index in [-0.39, 0.29) is 12.1 Å². The molecule has 1 rings (SSSR count). The normalized spacial score (nSPS) is 11.4. The Hall–Kier alpha value is -1.29. The predicted molar refractivity (Wildman–Crippen MR) is 58.2 cm³/mol. The lowest BCUT2D eigenvalue weighted by Gasteiger charge is -2.36. The maximum absolute atomic E-state index is 9.21. The van der Waals surface area contributed by atoms with Gasteiger partial charge in [0.25, 0.3) is 0 Å². The Morgan fingerprint density at radius 3 is 2.71 bits per heavy atom. The van der Waals surface area contributed by atoms with Crippen molar-refractivity contribution in [3.05, 3.63) is 18.3 Å². The van der Waals surface area contributed by atoms with Gasteiger partial charge in [0, 0.05) is 13.2 Å². The molecule has 14 heavy (non-hydrogen) atoms. The third-order valence-corrected chi connectivity index (χ3v) is 2.47. The molecule has 0 aliphatic rings. The van der Waals surface area contributed by atoms with Crippen molar-refractivity contribution >= 4 is 11.5 Å². The number of likely N-dealkylation sites (N-methyl/N-ethyl adjacent to an activating group) is 1. The van der Waals surface area contributed by atoms with E-state index in [4.69, 9.17) is 5.73 Å². The van der Waals surface area contributed by atoms with Gasteiger partial charge in [-0.15, -0.1) is 0 Å². The van der Waals surface area contributed by atoms with E-state index in [9.17, 15) is 5.11 Å². The van der Waals surface area contributed by atoms with E-state index < -0.39 is 0 Å². The third kappa shape index (κ3) is 1.96. The molecule has 0 amide bonds. The number of nitrogen functional groups attached to an aromatic ring is 1. The second-order valence-corrected chi connectivity index (χ2v) is 3.94. The molecular formula is C10H17N3O. The number of anilines is 2. The van der Waals surface area contributed by atoms with Gasteiger partial charge in [-0.2, -0.15) is 0 Å². The molecule has 0 aliphatic carbocycles. The summed E-state index contributed by atoms with van der Waals surface area (Å²) in [6.07, 6.45) is 1.65. The van der Waals surface area contributed by atoms with Gasteiger partial charge in [0.05, 0.1) is 17.8 Å². The van der Waals surface area contributed by atoms with Crippen molar-refractivity contribution in [2.24, 2.45) is 0 Å². The SMILES string of the molecule is CN(c1cccnc1N)C(C)(C)CO. The lowest BCUT2D eigenvalue weighted by Crippen LogP contribution is -2.44. The monoisotopic (exact) mass is 195 g/mol. The van der Waals surface area contributed by atoms with Crippen LogP contribution in [0.1, 0.15) is 13.8 Å². The van der Waals surface area contributed by atoms with E-state index in [1.54, 1.807) is 6.20 Å². The molecule has 0 bridgehead atoms.